The zero-order valence-electron chi connectivity index (χ0n) is 12.5. The molecule has 1 amide bonds. The van der Waals surface area contributed by atoms with Crippen molar-refractivity contribution in [3.05, 3.63) is 53.8 Å². The lowest BCUT2D eigenvalue weighted by Crippen LogP contribution is -2.19. The van der Waals surface area contributed by atoms with E-state index >= 15 is 0 Å². The first-order valence-corrected chi connectivity index (χ1v) is 8.05. The Morgan fingerprint density at radius 1 is 1.13 bits per heavy atom. The smallest absolute Gasteiger partial charge is 0.255 e. The lowest BCUT2D eigenvalue weighted by molar-refractivity contribution is 0.102. The Labute approximate surface area is 133 Å². The normalized spacial score (nSPS) is 11.1. The molecule has 0 unspecified atom stereocenters. The average molecular weight is 338 g/mol. The zero-order chi connectivity index (χ0) is 17.0. The third kappa shape index (κ3) is 3.66. The number of sulfonamides is 1. The van der Waals surface area contributed by atoms with E-state index in [1.165, 1.54) is 56.6 Å². The molecule has 23 heavy (non-hydrogen) atoms. The van der Waals surface area contributed by atoms with Crippen LogP contribution in [0.3, 0.4) is 0 Å². The maximum absolute atomic E-state index is 13.6. The third-order valence-corrected chi connectivity index (χ3v) is 4.55. The summed E-state index contributed by atoms with van der Waals surface area (Å²) in [5.74, 6) is -1.18. The number of halogens is 1. The van der Waals surface area contributed by atoms with E-state index in [2.05, 4.69) is 10.0 Å². The topological polar surface area (TPSA) is 84.5 Å². The zero-order valence-corrected chi connectivity index (χ0v) is 13.3. The van der Waals surface area contributed by atoms with E-state index < -0.39 is 21.7 Å². The number of nitrogens with one attached hydrogen (secondary N) is 2. The quantitative estimate of drug-likeness (QED) is 0.873. The first-order valence-electron chi connectivity index (χ1n) is 6.56. The van der Waals surface area contributed by atoms with E-state index in [1.54, 1.807) is 0 Å². The van der Waals surface area contributed by atoms with Gasteiger partial charge in [-0.25, -0.2) is 17.5 Å². The van der Waals surface area contributed by atoms with Gasteiger partial charge in [-0.3, -0.25) is 4.79 Å². The second kappa shape index (κ2) is 6.76. The molecule has 0 atom stereocenters. The predicted molar refractivity (Wildman–Crippen MR) is 83.6 cm³/mol. The number of carbonyl (C=O) groups excluding carboxylic acids is 1. The van der Waals surface area contributed by atoms with Crippen LogP contribution in [0.2, 0.25) is 0 Å². The van der Waals surface area contributed by atoms with Crippen LogP contribution in [0, 0.1) is 5.82 Å². The predicted octanol–water partition coefficient (Wildman–Crippen LogP) is 1.99. The Kier molecular flexibility index (Phi) is 4.97. The van der Waals surface area contributed by atoms with Crippen LogP contribution in [0.1, 0.15) is 10.4 Å². The average Bonchev–Trinajstić information content (AvgIpc) is 2.55. The van der Waals surface area contributed by atoms with Crippen molar-refractivity contribution < 1.29 is 22.3 Å². The van der Waals surface area contributed by atoms with Gasteiger partial charge in [0.15, 0.2) is 11.6 Å². The number of amides is 1. The number of rotatable bonds is 5. The van der Waals surface area contributed by atoms with E-state index in [0.29, 0.717) is 0 Å². The van der Waals surface area contributed by atoms with Gasteiger partial charge in [-0.05, 0) is 43.4 Å². The first kappa shape index (κ1) is 16.9. The van der Waals surface area contributed by atoms with Crippen LogP contribution >= 0.6 is 0 Å². The van der Waals surface area contributed by atoms with E-state index in [9.17, 15) is 17.6 Å². The number of hydrogen-bond acceptors (Lipinski definition) is 4. The summed E-state index contributed by atoms with van der Waals surface area (Å²) < 4.78 is 43.9. The summed E-state index contributed by atoms with van der Waals surface area (Å²) in [6, 6.07) is 9.51. The van der Waals surface area contributed by atoms with Gasteiger partial charge in [0.05, 0.1) is 17.7 Å². The summed E-state index contributed by atoms with van der Waals surface area (Å²) in [5, 5.41) is 2.52. The summed E-state index contributed by atoms with van der Waals surface area (Å²) in [6.45, 7) is 0. The van der Waals surface area contributed by atoms with E-state index in [4.69, 9.17) is 4.74 Å². The first-order chi connectivity index (χ1) is 10.9. The fraction of sp³-hybridized carbons (Fsp3) is 0.133. The van der Waals surface area contributed by atoms with Crippen molar-refractivity contribution in [1.82, 2.24) is 4.72 Å². The molecule has 2 aromatic carbocycles. The molecule has 0 heterocycles. The highest BCUT2D eigenvalue weighted by Gasteiger charge is 2.15. The third-order valence-electron chi connectivity index (χ3n) is 3.11. The highest BCUT2D eigenvalue weighted by molar-refractivity contribution is 7.89. The maximum atomic E-state index is 13.6. The number of anilines is 1. The highest BCUT2D eigenvalue weighted by Crippen LogP contribution is 2.27. The summed E-state index contributed by atoms with van der Waals surface area (Å²) in [7, 11) is -0.972. The standard InChI is InChI=1S/C15H15FN2O4S/c1-17-23(20,21)11-8-6-10(7-9-11)15(19)18-13-5-3-4-12(16)14(13)22-2/h3-9,17H,1-2H3,(H,18,19). The van der Waals surface area contributed by atoms with Crippen molar-refractivity contribution in [2.24, 2.45) is 0 Å². The van der Waals surface area contributed by atoms with Crippen LogP contribution < -0.4 is 14.8 Å². The fourth-order valence-corrected chi connectivity index (χ4v) is 2.64. The Morgan fingerprint density at radius 2 is 1.78 bits per heavy atom. The molecule has 0 aliphatic heterocycles. The summed E-state index contributed by atoms with van der Waals surface area (Å²) >= 11 is 0. The molecule has 8 heteroatoms. The largest absolute Gasteiger partial charge is 0.492 e. The molecule has 0 fully saturated rings. The molecule has 0 bridgehead atoms. The van der Waals surface area contributed by atoms with Crippen molar-refractivity contribution in [3.63, 3.8) is 0 Å². The van der Waals surface area contributed by atoms with Gasteiger partial charge in [-0.1, -0.05) is 6.07 Å². The minimum absolute atomic E-state index is 0.0416. The van der Waals surface area contributed by atoms with E-state index in [1.807, 2.05) is 0 Å². The highest BCUT2D eigenvalue weighted by atomic mass is 32.2. The molecule has 6 nitrogen and oxygen atoms in total. The molecule has 0 aliphatic rings. The molecule has 2 N–H and O–H groups in total. The minimum Gasteiger partial charge on any atom is -0.492 e. The molecule has 0 aliphatic carbocycles. The summed E-state index contributed by atoms with van der Waals surface area (Å²) in [6.07, 6.45) is 0. The van der Waals surface area contributed by atoms with Gasteiger partial charge in [0.2, 0.25) is 10.0 Å². The van der Waals surface area contributed by atoms with Gasteiger partial charge < -0.3 is 10.1 Å². The fourth-order valence-electron chi connectivity index (χ4n) is 1.91. The van der Waals surface area contributed by atoms with Gasteiger partial charge in [-0.2, -0.15) is 0 Å². The molecule has 0 aromatic heterocycles. The van der Waals surface area contributed by atoms with Crippen molar-refractivity contribution in [2.45, 2.75) is 4.90 Å². The molecular weight excluding hydrogens is 323 g/mol. The van der Waals surface area contributed by atoms with Gasteiger partial charge >= 0.3 is 0 Å². The van der Waals surface area contributed by atoms with Crippen LogP contribution in [0.5, 0.6) is 5.75 Å². The van der Waals surface area contributed by atoms with Gasteiger partial charge in [0.1, 0.15) is 0 Å². The number of benzene rings is 2. The second-order valence-electron chi connectivity index (χ2n) is 4.51. The number of methoxy groups -OCH3 is 1. The minimum atomic E-state index is -3.57. The van der Waals surface area contributed by atoms with Crippen LogP contribution in [0.15, 0.2) is 47.4 Å². The van der Waals surface area contributed by atoms with Crippen molar-refractivity contribution in [1.29, 1.82) is 0 Å². The van der Waals surface area contributed by atoms with Crippen molar-refractivity contribution in [2.75, 3.05) is 19.5 Å². The van der Waals surface area contributed by atoms with E-state index in [0.717, 1.165) is 0 Å². The number of carbonyl (C=O) groups is 1. The lowest BCUT2D eigenvalue weighted by Gasteiger charge is -2.11. The number of hydrogen-bond donors (Lipinski definition) is 2. The Morgan fingerprint density at radius 3 is 2.35 bits per heavy atom. The Hall–Kier alpha value is -2.45. The van der Waals surface area contributed by atoms with Gasteiger partial charge in [-0.15, -0.1) is 0 Å². The van der Waals surface area contributed by atoms with Crippen LogP contribution in [0.25, 0.3) is 0 Å². The second-order valence-corrected chi connectivity index (χ2v) is 6.39. The Balaban J connectivity index is 2.24. The van der Waals surface area contributed by atoms with Crippen LogP contribution in [-0.4, -0.2) is 28.5 Å². The molecule has 0 saturated carbocycles. The van der Waals surface area contributed by atoms with Gasteiger partial charge in [0, 0.05) is 5.56 Å². The van der Waals surface area contributed by atoms with Crippen molar-refractivity contribution in [3.8, 4) is 5.75 Å². The maximum Gasteiger partial charge on any atom is 0.255 e. The SMILES string of the molecule is CNS(=O)(=O)c1ccc(C(=O)Nc2cccc(F)c2OC)cc1. The number of para-hydroxylation sites is 1. The molecule has 0 saturated heterocycles. The molecule has 0 spiro atoms. The molecule has 122 valence electrons. The molecule has 2 aromatic rings. The number of ether oxygens (including phenoxy) is 1. The van der Waals surface area contributed by atoms with Gasteiger partial charge in [0.25, 0.3) is 5.91 Å². The molecule has 2 rings (SSSR count). The summed E-state index contributed by atoms with van der Waals surface area (Å²) in [4.78, 5) is 12.2. The van der Waals surface area contributed by atoms with Crippen LogP contribution in [-0.2, 0) is 10.0 Å². The monoisotopic (exact) mass is 338 g/mol. The molecular formula is C15H15FN2O4S. The Bertz CT molecular complexity index is 820. The van der Waals surface area contributed by atoms with Crippen LogP contribution in [0.4, 0.5) is 10.1 Å². The molecule has 0 radical (unpaired) electrons. The lowest BCUT2D eigenvalue weighted by atomic mass is 10.2. The van der Waals surface area contributed by atoms with E-state index in [-0.39, 0.29) is 21.9 Å². The van der Waals surface area contributed by atoms with Crippen molar-refractivity contribution >= 4 is 21.6 Å². The summed E-state index contributed by atoms with van der Waals surface area (Å²) in [5.41, 5.74) is 0.413.